The number of hydrogen-bond donors (Lipinski definition) is 3. The molecule has 0 aliphatic rings. The number of primary sulfonamides is 1. The highest BCUT2D eigenvalue weighted by Crippen LogP contribution is 2.33. The molecule has 2 aromatic carbocycles. The van der Waals surface area contributed by atoms with E-state index in [0.29, 0.717) is 21.8 Å². The van der Waals surface area contributed by atoms with Gasteiger partial charge < -0.3 is 15.4 Å². The minimum absolute atomic E-state index is 0.0193. The van der Waals surface area contributed by atoms with Gasteiger partial charge in [0.15, 0.2) is 0 Å². The number of carbonyl (C=O) groups is 1. The maximum atomic E-state index is 11.7. The Labute approximate surface area is 154 Å². The molecular weight excluding hydrogens is 378 g/mol. The third-order valence-corrected chi connectivity index (χ3v) is 5.04. The van der Waals surface area contributed by atoms with Gasteiger partial charge in [0.1, 0.15) is 11.4 Å². The van der Waals surface area contributed by atoms with Crippen LogP contribution in [0.3, 0.4) is 0 Å². The summed E-state index contributed by atoms with van der Waals surface area (Å²) >= 11 is 5.88. The van der Waals surface area contributed by atoms with Gasteiger partial charge in [-0.2, -0.15) is 0 Å². The first-order valence-electron chi connectivity index (χ1n) is 7.32. The quantitative estimate of drug-likeness (QED) is 0.629. The summed E-state index contributed by atoms with van der Waals surface area (Å²) in [4.78, 5) is 11.6. The van der Waals surface area contributed by atoms with E-state index in [9.17, 15) is 18.3 Å². The van der Waals surface area contributed by atoms with E-state index in [1.165, 1.54) is 28.8 Å². The molecule has 0 saturated heterocycles. The van der Waals surface area contributed by atoms with Crippen LogP contribution in [0.4, 0.5) is 5.82 Å². The normalized spacial score (nSPS) is 11.5. The third-order valence-electron chi connectivity index (χ3n) is 3.86. The van der Waals surface area contributed by atoms with E-state index >= 15 is 0 Å². The second-order valence-corrected chi connectivity index (χ2v) is 7.52. The van der Waals surface area contributed by atoms with Gasteiger partial charge in [-0.25, -0.2) is 18.4 Å². The summed E-state index contributed by atoms with van der Waals surface area (Å²) in [6, 6.07) is 12.3. The number of aromatic nitrogens is 1. The Kier molecular flexibility index (Phi) is 4.49. The number of nitrogens with two attached hydrogens (primary N) is 2. The van der Waals surface area contributed by atoms with Crippen molar-refractivity contribution in [2.45, 2.75) is 4.90 Å². The summed E-state index contributed by atoms with van der Waals surface area (Å²) in [5, 5.41) is 15.2. The van der Waals surface area contributed by atoms with Crippen LogP contribution in [0.2, 0.25) is 5.02 Å². The van der Waals surface area contributed by atoms with E-state index in [-0.39, 0.29) is 16.3 Å². The van der Waals surface area contributed by atoms with E-state index in [0.717, 1.165) is 0 Å². The van der Waals surface area contributed by atoms with Gasteiger partial charge in [-0.1, -0.05) is 23.7 Å². The molecule has 9 heteroatoms. The van der Waals surface area contributed by atoms with Gasteiger partial charge >= 0.3 is 5.97 Å². The van der Waals surface area contributed by atoms with Crippen LogP contribution in [0.1, 0.15) is 10.4 Å². The van der Waals surface area contributed by atoms with Crippen LogP contribution in [-0.2, 0) is 10.0 Å². The van der Waals surface area contributed by atoms with Crippen LogP contribution in [0.5, 0.6) is 0 Å². The minimum atomic E-state index is -3.82. The predicted octanol–water partition coefficient (Wildman–Crippen LogP) is 2.73. The standard InChI is InChI=1S/C17H14ClN3O4S/c18-11-3-1-10(2-4-11)14-9-21(16(19)15(14)17(22)23)12-5-7-13(8-6-12)26(20,24)25/h1-9H,19H2,(H,22,23)(H2,20,24,25). The molecule has 3 rings (SSSR count). The smallest absolute Gasteiger partial charge is 0.340 e. The van der Waals surface area contributed by atoms with E-state index in [1.807, 2.05) is 0 Å². The lowest BCUT2D eigenvalue weighted by molar-refractivity contribution is 0.0699. The average Bonchev–Trinajstić information content (AvgIpc) is 2.92. The largest absolute Gasteiger partial charge is 0.478 e. The van der Waals surface area contributed by atoms with Crippen molar-refractivity contribution in [3.8, 4) is 16.8 Å². The Morgan fingerprint density at radius 2 is 1.62 bits per heavy atom. The number of benzene rings is 2. The van der Waals surface area contributed by atoms with Gasteiger partial charge in [0, 0.05) is 22.5 Å². The number of carboxylic acids is 1. The van der Waals surface area contributed by atoms with Crippen molar-refractivity contribution < 1.29 is 18.3 Å². The monoisotopic (exact) mass is 391 g/mol. The average molecular weight is 392 g/mol. The molecule has 26 heavy (non-hydrogen) atoms. The van der Waals surface area contributed by atoms with Gasteiger partial charge in [0.05, 0.1) is 4.90 Å². The first-order chi connectivity index (χ1) is 12.2. The van der Waals surface area contributed by atoms with Gasteiger partial charge in [-0.15, -0.1) is 0 Å². The molecule has 0 spiro atoms. The van der Waals surface area contributed by atoms with Crippen molar-refractivity contribution >= 4 is 33.4 Å². The molecule has 1 aromatic heterocycles. The van der Waals surface area contributed by atoms with Crippen molar-refractivity contribution in [2.24, 2.45) is 5.14 Å². The molecule has 3 aromatic rings. The van der Waals surface area contributed by atoms with Gasteiger partial charge in [0.25, 0.3) is 0 Å². The summed E-state index contributed by atoms with van der Waals surface area (Å²) < 4.78 is 24.2. The van der Waals surface area contributed by atoms with Crippen molar-refractivity contribution in [1.82, 2.24) is 4.57 Å². The molecule has 0 saturated carbocycles. The van der Waals surface area contributed by atoms with E-state index < -0.39 is 16.0 Å². The maximum absolute atomic E-state index is 11.7. The number of rotatable bonds is 4. The summed E-state index contributed by atoms with van der Waals surface area (Å²) in [6.45, 7) is 0. The Bertz CT molecular complexity index is 1090. The molecule has 0 amide bonds. The number of carboxylic acid groups (broad SMARTS) is 1. The maximum Gasteiger partial charge on any atom is 0.340 e. The number of nitrogens with zero attached hydrogens (tertiary/aromatic N) is 1. The number of halogens is 1. The Balaban J connectivity index is 2.16. The number of hydrogen-bond acceptors (Lipinski definition) is 4. The highest BCUT2D eigenvalue weighted by Gasteiger charge is 2.21. The molecule has 134 valence electrons. The van der Waals surface area contributed by atoms with Crippen LogP contribution >= 0.6 is 11.6 Å². The third kappa shape index (κ3) is 3.30. The second kappa shape index (κ2) is 6.49. The number of sulfonamides is 1. The van der Waals surface area contributed by atoms with Crippen LogP contribution in [0, 0.1) is 0 Å². The zero-order chi connectivity index (χ0) is 19.1. The molecule has 0 radical (unpaired) electrons. The predicted molar refractivity (Wildman–Crippen MR) is 99.0 cm³/mol. The molecule has 5 N–H and O–H groups in total. The number of nitrogen functional groups attached to an aromatic ring is 1. The highest BCUT2D eigenvalue weighted by atomic mass is 35.5. The first kappa shape index (κ1) is 18.0. The molecule has 0 atom stereocenters. The van der Waals surface area contributed by atoms with Crippen LogP contribution in [-0.4, -0.2) is 24.1 Å². The van der Waals surface area contributed by atoms with Crippen molar-refractivity contribution in [2.75, 3.05) is 5.73 Å². The van der Waals surface area contributed by atoms with Gasteiger partial charge in [0.2, 0.25) is 10.0 Å². The summed E-state index contributed by atoms with van der Waals surface area (Å²) in [6.07, 6.45) is 1.58. The molecule has 1 heterocycles. The fourth-order valence-corrected chi connectivity index (χ4v) is 3.25. The molecule has 0 unspecified atom stereocenters. The lowest BCUT2D eigenvalue weighted by Crippen LogP contribution is -2.12. The van der Waals surface area contributed by atoms with Crippen molar-refractivity contribution in [3.63, 3.8) is 0 Å². The number of anilines is 1. The lowest BCUT2D eigenvalue weighted by atomic mass is 10.0. The topological polar surface area (TPSA) is 128 Å². The lowest BCUT2D eigenvalue weighted by Gasteiger charge is -2.07. The zero-order valence-corrected chi connectivity index (χ0v) is 14.8. The molecular formula is C17H14ClN3O4S. The molecule has 0 aliphatic carbocycles. The highest BCUT2D eigenvalue weighted by molar-refractivity contribution is 7.89. The van der Waals surface area contributed by atoms with Gasteiger partial charge in [-0.05, 0) is 42.0 Å². The summed E-state index contributed by atoms with van der Waals surface area (Å²) in [5.41, 5.74) is 7.54. The van der Waals surface area contributed by atoms with Gasteiger partial charge in [-0.3, -0.25) is 0 Å². The first-order valence-corrected chi connectivity index (χ1v) is 9.24. The fourth-order valence-electron chi connectivity index (χ4n) is 2.60. The second-order valence-electron chi connectivity index (χ2n) is 5.52. The molecule has 0 aliphatic heterocycles. The fraction of sp³-hybridized carbons (Fsp3) is 0. The van der Waals surface area contributed by atoms with E-state index in [2.05, 4.69) is 0 Å². The summed E-state index contributed by atoms with van der Waals surface area (Å²) in [5.74, 6) is -1.15. The molecule has 7 nitrogen and oxygen atoms in total. The van der Waals surface area contributed by atoms with Crippen molar-refractivity contribution in [3.05, 3.63) is 65.3 Å². The van der Waals surface area contributed by atoms with E-state index in [1.54, 1.807) is 30.5 Å². The van der Waals surface area contributed by atoms with Crippen LogP contribution < -0.4 is 10.9 Å². The molecule has 0 fully saturated rings. The Morgan fingerprint density at radius 1 is 1.04 bits per heavy atom. The Morgan fingerprint density at radius 3 is 2.12 bits per heavy atom. The van der Waals surface area contributed by atoms with Crippen LogP contribution in [0.25, 0.3) is 16.8 Å². The summed E-state index contributed by atoms with van der Waals surface area (Å²) in [7, 11) is -3.82. The SMILES string of the molecule is Nc1c(C(=O)O)c(-c2ccc(Cl)cc2)cn1-c1ccc(S(N)(=O)=O)cc1. The van der Waals surface area contributed by atoms with E-state index in [4.69, 9.17) is 22.5 Å². The zero-order valence-electron chi connectivity index (χ0n) is 13.3. The van der Waals surface area contributed by atoms with Crippen LogP contribution in [0.15, 0.2) is 59.6 Å². The number of aromatic carboxylic acids is 1. The minimum Gasteiger partial charge on any atom is -0.478 e. The van der Waals surface area contributed by atoms with Crippen molar-refractivity contribution in [1.29, 1.82) is 0 Å². The molecule has 0 bridgehead atoms. The Hall–Kier alpha value is -2.81.